The van der Waals surface area contributed by atoms with Crippen LogP contribution in [0.25, 0.3) is 0 Å². The first-order chi connectivity index (χ1) is 17.9. The normalized spacial score (nSPS) is 17.5. The molecule has 0 radical (unpaired) electrons. The maximum absolute atomic E-state index is 13.8. The minimum Gasteiger partial charge on any atom is -0.446 e. The van der Waals surface area contributed by atoms with Crippen molar-refractivity contribution in [3.8, 4) is 0 Å². The second-order valence-corrected chi connectivity index (χ2v) is 9.92. The molecule has 3 aromatic rings. The average Bonchev–Trinajstić information content (AvgIpc) is 3.25. The fourth-order valence-corrected chi connectivity index (χ4v) is 4.94. The van der Waals surface area contributed by atoms with Gasteiger partial charge >= 0.3 is 12.3 Å². The van der Waals surface area contributed by atoms with Crippen LogP contribution in [0.1, 0.15) is 67.7 Å². The SMILES string of the molecule is CC[C@@H]1C[C@@H](N(Cc2cc(C)cc(C)c2)c2nnn(C)n2)c2nc(C(F)(F)F)ccc2N1C(=O)OC(C)C. The molecular formula is C26H32F3N7O2. The summed E-state index contributed by atoms with van der Waals surface area (Å²) in [5, 5.41) is 12.5. The largest absolute Gasteiger partial charge is 0.446 e. The lowest BCUT2D eigenvalue weighted by Crippen LogP contribution is -2.49. The molecule has 204 valence electrons. The third-order valence-electron chi connectivity index (χ3n) is 6.40. The molecule has 1 aliphatic rings. The highest BCUT2D eigenvalue weighted by molar-refractivity contribution is 5.90. The van der Waals surface area contributed by atoms with Crippen LogP contribution in [0.3, 0.4) is 0 Å². The van der Waals surface area contributed by atoms with E-state index in [0.29, 0.717) is 19.4 Å². The molecule has 1 aliphatic heterocycles. The molecule has 38 heavy (non-hydrogen) atoms. The predicted octanol–water partition coefficient (Wildman–Crippen LogP) is 5.52. The summed E-state index contributed by atoms with van der Waals surface area (Å²) in [4.78, 5) is 21.8. The summed E-state index contributed by atoms with van der Waals surface area (Å²) >= 11 is 0. The highest BCUT2D eigenvalue weighted by Gasteiger charge is 2.43. The summed E-state index contributed by atoms with van der Waals surface area (Å²) in [6, 6.07) is 7.28. The molecule has 0 fully saturated rings. The summed E-state index contributed by atoms with van der Waals surface area (Å²) in [5.41, 5.74) is 2.42. The Hall–Kier alpha value is -3.70. The molecule has 0 bridgehead atoms. The molecule has 3 heterocycles. The number of rotatable bonds is 6. The molecule has 0 unspecified atom stereocenters. The number of pyridine rings is 1. The zero-order valence-corrected chi connectivity index (χ0v) is 22.3. The maximum Gasteiger partial charge on any atom is 0.433 e. The number of hydrogen-bond donors (Lipinski definition) is 0. The molecule has 4 rings (SSSR count). The number of aryl methyl sites for hydroxylation is 3. The van der Waals surface area contributed by atoms with Gasteiger partial charge < -0.3 is 9.64 Å². The second-order valence-electron chi connectivity index (χ2n) is 9.92. The van der Waals surface area contributed by atoms with Crippen LogP contribution >= 0.6 is 0 Å². The quantitative estimate of drug-likeness (QED) is 0.414. The van der Waals surface area contributed by atoms with E-state index in [1.165, 1.54) is 15.8 Å². The molecule has 12 heteroatoms. The van der Waals surface area contributed by atoms with Crippen LogP contribution in [0.15, 0.2) is 30.3 Å². The number of hydrogen-bond acceptors (Lipinski definition) is 7. The number of nitrogens with zero attached hydrogens (tertiary/aromatic N) is 7. The number of carbonyl (C=O) groups is 1. The highest BCUT2D eigenvalue weighted by atomic mass is 19.4. The van der Waals surface area contributed by atoms with Gasteiger partial charge in [-0.1, -0.05) is 41.3 Å². The summed E-state index contributed by atoms with van der Waals surface area (Å²) in [6.07, 6.45) is -4.82. The maximum atomic E-state index is 13.8. The van der Waals surface area contributed by atoms with Gasteiger partial charge in [0.25, 0.3) is 5.95 Å². The molecule has 1 aromatic carbocycles. The van der Waals surface area contributed by atoms with Crippen molar-refractivity contribution in [1.29, 1.82) is 0 Å². The van der Waals surface area contributed by atoms with Crippen molar-refractivity contribution in [3.05, 3.63) is 58.4 Å². The lowest BCUT2D eigenvalue weighted by Gasteiger charge is -2.43. The number of amides is 1. The number of anilines is 2. The number of carbonyl (C=O) groups excluding carboxylic acids is 1. The zero-order valence-electron chi connectivity index (χ0n) is 22.3. The fraction of sp³-hybridized carbons (Fsp3) is 0.500. The van der Waals surface area contributed by atoms with Crippen LogP contribution in [0.2, 0.25) is 0 Å². The van der Waals surface area contributed by atoms with E-state index in [2.05, 4.69) is 20.4 Å². The van der Waals surface area contributed by atoms with Crippen LogP contribution in [0, 0.1) is 13.8 Å². The van der Waals surface area contributed by atoms with Gasteiger partial charge in [0.15, 0.2) is 0 Å². The van der Waals surface area contributed by atoms with Gasteiger partial charge in [-0.05, 0) is 63.4 Å². The van der Waals surface area contributed by atoms with Crippen molar-refractivity contribution < 1.29 is 22.7 Å². The van der Waals surface area contributed by atoms with E-state index in [0.717, 1.165) is 22.8 Å². The minimum atomic E-state index is -4.66. The zero-order chi connectivity index (χ0) is 27.8. The van der Waals surface area contributed by atoms with E-state index >= 15 is 0 Å². The van der Waals surface area contributed by atoms with Gasteiger partial charge in [-0.25, -0.2) is 9.78 Å². The Balaban J connectivity index is 1.89. The summed E-state index contributed by atoms with van der Waals surface area (Å²) < 4.78 is 46.9. The molecule has 0 saturated heterocycles. The Morgan fingerprint density at radius 1 is 1.18 bits per heavy atom. The van der Waals surface area contributed by atoms with Crippen LogP contribution in [0.4, 0.5) is 29.6 Å². The first kappa shape index (κ1) is 27.3. The van der Waals surface area contributed by atoms with Gasteiger partial charge in [-0.3, -0.25) is 4.90 Å². The number of fused-ring (bicyclic) bond motifs is 1. The predicted molar refractivity (Wildman–Crippen MR) is 136 cm³/mol. The number of aromatic nitrogens is 5. The van der Waals surface area contributed by atoms with E-state index in [-0.39, 0.29) is 23.4 Å². The van der Waals surface area contributed by atoms with E-state index in [9.17, 15) is 18.0 Å². The third kappa shape index (κ3) is 5.73. The monoisotopic (exact) mass is 531 g/mol. The van der Waals surface area contributed by atoms with E-state index in [1.807, 2.05) is 43.9 Å². The smallest absolute Gasteiger partial charge is 0.433 e. The number of alkyl halides is 3. The minimum absolute atomic E-state index is 0.113. The number of ether oxygens (including phenoxy) is 1. The second kappa shape index (κ2) is 10.6. The first-order valence-electron chi connectivity index (χ1n) is 12.5. The van der Waals surface area contributed by atoms with E-state index in [4.69, 9.17) is 4.74 Å². The van der Waals surface area contributed by atoms with Crippen LogP contribution in [-0.2, 0) is 24.5 Å². The molecule has 0 N–H and O–H groups in total. The average molecular weight is 532 g/mol. The Morgan fingerprint density at radius 2 is 1.87 bits per heavy atom. The lowest BCUT2D eigenvalue weighted by molar-refractivity contribution is -0.141. The summed E-state index contributed by atoms with van der Waals surface area (Å²) in [5.74, 6) is 0.259. The van der Waals surface area contributed by atoms with Crippen LogP contribution < -0.4 is 9.80 Å². The number of tetrazole rings is 1. The standard InChI is InChI=1S/C26H32F3N7O2/c1-7-19-13-21(35(24-31-33-34(6)32-24)14-18-11-16(4)10-17(5)12-18)23-20(36(19)25(37)38-15(2)3)8-9-22(30-23)26(27,28)29/h8-12,15,19,21H,7,13-14H2,1-6H3/t19-,21-/m1/s1. The van der Waals surface area contributed by atoms with E-state index < -0.39 is 30.1 Å². The Bertz CT molecular complexity index is 1290. The molecule has 0 aliphatic carbocycles. The van der Waals surface area contributed by atoms with Gasteiger partial charge in [0.05, 0.1) is 30.6 Å². The number of halogens is 3. The Kier molecular flexibility index (Phi) is 7.61. The van der Waals surface area contributed by atoms with Gasteiger partial charge in [0.2, 0.25) is 0 Å². The lowest BCUT2D eigenvalue weighted by atomic mass is 9.91. The van der Waals surface area contributed by atoms with Crippen molar-refractivity contribution in [2.75, 3.05) is 9.80 Å². The van der Waals surface area contributed by atoms with Crippen LogP contribution in [0.5, 0.6) is 0 Å². The summed E-state index contributed by atoms with van der Waals surface area (Å²) in [6.45, 7) is 9.66. The van der Waals surface area contributed by atoms with Crippen molar-refractivity contribution in [1.82, 2.24) is 25.2 Å². The molecular weight excluding hydrogens is 499 g/mol. The molecule has 0 saturated carbocycles. The molecule has 9 nitrogen and oxygen atoms in total. The molecule has 2 atom stereocenters. The van der Waals surface area contributed by atoms with Gasteiger partial charge in [0.1, 0.15) is 5.69 Å². The van der Waals surface area contributed by atoms with E-state index in [1.54, 1.807) is 20.9 Å². The number of benzene rings is 1. The van der Waals surface area contributed by atoms with Crippen LogP contribution in [-0.4, -0.2) is 43.4 Å². The van der Waals surface area contributed by atoms with Crippen molar-refractivity contribution in [2.24, 2.45) is 7.05 Å². The Labute approximate surface area is 219 Å². The summed E-state index contributed by atoms with van der Waals surface area (Å²) in [7, 11) is 1.62. The first-order valence-corrected chi connectivity index (χ1v) is 12.5. The topological polar surface area (TPSA) is 89.3 Å². The molecule has 2 aromatic heterocycles. The highest BCUT2D eigenvalue weighted by Crippen LogP contribution is 2.44. The molecule has 1 amide bonds. The van der Waals surface area contributed by atoms with Crippen molar-refractivity contribution >= 4 is 17.7 Å². The van der Waals surface area contributed by atoms with Crippen molar-refractivity contribution in [2.45, 2.75) is 78.4 Å². The van der Waals surface area contributed by atoms with Gasteiger partial charge in [-0.2, -0.15) is 18.0 Å². The Morgan fingerprint density at radius 3 is 2.42 bits per heavy atom. The third-order valence-corrected chi connectivity index (χ3v) is 6.40. The molecule has 0 spiro atoms. The van der Waals surface area contributed by atoms with Gasteiger partial charge in [-0.15, -0.1) is 5.10 Å². The van der Waals surface area contributed by atoms with Gasteiger partial charge in [0, 0.05) is 12.6 Å². The van der Waals surface area contributed by atoms with Crippen molar-refractivity contribution in [3.63, 3.8) is 0 Å². The fourth-order valence-electron chi connectivity index (χ4n) is 4.94.